The number of aliphatic carboxylic acids is 1. The van der Waals surface area contributed by atoms with E-state index in [9.17, 15) is 18.0 Å². The molecule has 0 saturated carbocycles. The molecule has 180 valence electrons. The van der Waals surface area contributed by atoms with Crippen molar-refractivity contribution in [3.05, 3.63) is 47.1 Å². The number of alkyl halides is 3. The Morgan fingerprint density at radius 2 is 1.91 bits per heavy atom. The second-order valence-electron chi connectivity index (χ2n) is 7.93. The van der Waals surface area contributed by atoms with Crippen molar-refractivity contribution in [3.63, 3.8) is 0 Å². The number of hydrogen-bond acceptors (Lipinski definition) is 7. The van der Waals surface area contributed by atoms with Crippen LogP contribution in [0.1, 0.15) is 33.8 Å². The van der Waals surface area contributed by atoms with Gasteiger partial charge in [-0.2, -0.15) is 13.2 Å². The van der Waals surface area contributed by atoms with Crippen LogP contribution in [0.4, 0.5) is 13.2 Å². The molecule has 2 saturated heterocycles. The van der Waals surface area contributed by atoms with Crippen LogP contribution in [0.25, 0.3) is 0 Å². The van der Waals surface area contributed by atoms with Gasteiger partial charge in [-0.1, -0.05) is 5.16 Å². The molecule has 1 N–H and O–H groups in total. The van der Waals surface area contributed by atoms with Crippen molar-refractivity contribution in [2.24, 2.45) is 5.92 Å². The number of hydrogen-bond donors (Lipinski definition) is 1. The van der Waals surface area contributed by atoms with Gasteiger partial charge in [0.15, 0.2) is 0 Å². The molecular formula is C21H24F3N3O6. The molecule has 9 nitrogen and oxygen atoms in total. The SMILES string of the molecule is Cc1noc(C)c1C(=O)N1CC2(C1)OCCC2COCc1ccncc1.O=C(O)C(F)(F)F. The van der Waals surface area contributed by atoms with Crippen molar-refractivity contribution >= 4 is 11.9 Å². The molecule has 4 heterocycles. The summed E-state index contributed by atoms with van der Waals surface area (Å²) in [6, 6.07) is 3.91. The Bertz CT molecular complexity index is 954. The van der Waals surface area contributed by atoms with Crippen molar-refractivity contribution in [3.8, 4) is 0 Å². The van der Waals surface area contributed by atoms with Crippen molar-refractivity contribution < 1.29 is 41.9 Å². The van der Waals surface area contributed by atoms with E-state index in [1.807, 2.05) is 17.0 Å². The van der Waals surface area contributed by atoms with Crippen molar-refractivity contribution in [2.75, 3.05) is 26.3 Å². The maximum absolute atomic E-state index is 12.7. The Kier molecular flexibility index (Phi) is 7.38. The number of ether oxygens (including phenoxy) is 2. The van der Waals surface area contributed by atoms with Gasteiger partial charge in [-0.05, 0) is 38.0 Å². The predicted molar refractivity (Wildman–Crippen MR) is 106 cm³/mol. The number of aromatic nitrogens is 2. The lowest BCUT2D eigenvalue weighted by Gasteiger charge is -2.50. The quantitative estimate of drug-likeness (QED) is 0.708. The molecule has 1 unspecified atom stereocenters. The third-order valence-corrected chi connectivity index (χ3v) is 5.63. The minimum Gasteiger partial charge on any atom is -0.475 e. The number of pyridine rings is 1. The summed E-state index contributed by atoms with van der Waals surface area (Å²) in [7, 11) is 0. The van der Waals surface area contributed by atoms with Crippen LogP contribution in [0.5, 0.6) is 0 Å². The van der Waals surface area contributed by atoms with Gasteiger partial charge in [0.1, 0.15) is 16.9 Å². The van der Waals surface area contributed by atoms with E-state index in [2.05, 4.69) is 10.1 Å². The molecule has 4 rings (SSSR count). The first-order valence-corrected chi connectivity index (χ1v) is 10.2. The number of rotatable bonds is 5. The first-order chi connectivity index (χ1) is 15.5. The van der Waals surface area contributed by atoms with Crippen LogP contribution in [0.15, 0.2) is 29.0 Å². The van der Waals surface area contributed by atoms with E-state index in [0.717, 1.165) is 18.6 Å². The third kappa shape index (κ3) is 5.69. The average Bonchev–Trinajstić information content (AvgIpc) is 3.30. The molecule has 2 fully saturated rings. The lowest BCUT2D eigenvalue weighted by atomic mass is 9.81. The number of carboxylic acid groups (broad SMARTS) is 1. The molecule has 1 atom stereocenters. The normalized spacial score (nSPS) is 19.1. The van der Waals surface area contributed by atoms with Gasteiger partial charge in [-0.15, -0.1) is 0 Å². The van der Waals surface area contributed by atoms with Crippen LogP contribution in [0, 0.1) is 19.8 Å². The third-order valence-electron chi connectivity index (χ3n) is 5.63. The van der Waals surface area contributed by atoms with Gasteiger partial charge in [-0.25, -0.2) is 4.79 Å². The molecule has 1 amide bonds. The highest BCUT2D eigenvalue weighted by molar-refractivity contribution is 5.96. The van der Waals surface area contributed by atoms with Gasteiger partial charge in [0, 0.05) is 24.9 Å². The summed E-state index contributed by atoms with van der Waals surface area (Å²) in [6.07, 6.45) is -0.588. The molecule has 12 heteroatoms. The number of aryl methyl sites for hydroxylation is 2. The first-order valence-electron chi connectivity index (χ1n) is 10.2. The maximum Gasteiger partial charge on any atom is 0.490 e. The predicted octanol–water partition coefficient (Wildman–Crippen LogP) is 2.77. The van der Waals surface area contributed by atoms with Crippen LogP contribution in [0.3, 0.4) is 0 Å². The molecule has 0 bridgehead atoms. The van der Waals surface area contributed by atoms with Gasteiger partial charge in [0.25, 0.3) is 5.91 Å². The zero-order valence-corrected chi connectivity index (χ0v) is 18.1. The monoisotopic (exact) mass is 471 g/mol. The second-order valence-corrected chi connectivity index (χ2v) is 7.93. The molecule has 0 radical (unpaired) electrons. The largest absolute Gasteiger partial charge is 0.490 e. The van der Waals surface area contributed by atoms with E-state index >= 15 is 0 Å². The standard InChI is InChI=1S/C19H23N3O4.C2HF3O2/c1-13-17(14(2)26-21-13)18(23)22-11-19(12-22)16(5-8-25-19)10-24-9-15-3-6-20-7-4-15;3-2(4,5)1(6)7/h3-4,6-7,16H,5,8-12H2,1-2H3;(H,6,7). The Balaban J connectivity index is 0.000000383. The van der Waals surface area contributed by atoms with E-state index < -0.39 is 12.1 Å². The molecule has 2 aliphatic rings. The molecule has 2 aromatic heterocycles. The fourth-order valence-electron chi connectivity index (χ4n) is 3.86. The lowest BCUT2D eigenvalue weighted by Crippen LogP contribution is -2.66. The first kappa shape index (κ1) is 24.6. The zero-order chi connectivity index (χ0) is 24.2. The summed E-state index contributed by atoms with van der Waals surface area (Å²) in [5.41, 5.74) is 2.05. The van der Waals surface area contributed by atoms with E-state index in [1.165, 1.54) is 0 Å². The molecule has 2 aromatic rings. The summed E-state index contributed by atoms with van der Waals surface area (Å²) in [4.78, 5) is 27.4. The number of amides is 1. The van der Waals surface area contributed by atoms with E-state index in [-0.39, 0.29) is 11.5 Å². The van der Waals surface area contributed by atoms with Crippen molar-refractivity contribution in [2.45, 2.75) is 38.7 Å². The van der Waals surface area contributed by atoms with Crippen molar-refractivity contribution in [1.82, 2.24) is 15.0 Å². The molecule has 0 aromatic carbocycles. The summed E-state index contributed by atoms with van der Waals surface area (Å²) in [5, 5.41) is 11.0. The van der Waals surface area contributed by atoms with Crippen molar-refractivity contribution in [1.29, 1.82) is 0 Å². The van der Waals surface area contributed by atoms with Gasteiger partial charge in [0.2, 0.25) is 0 Å². The number of likely N-dealkylation sites (tertiary alicyclic amines) is 1. The minimum absolute atomic E-state index is 0.0289. The molecule has 0 aliphatic carbocycles. The molecule has 2 aliphatic heterocycles. The van der Waals surface area contributed by atoms with Crippen LogP contribution in [-0.2, 0) is 20.9 Å². The van der Waals surface area contributed by atoms with Gasteiger partial charge in [-0.3, -0.25) is 9.78 Å². The fourth-order valence-corrected chi connectivity index (χ4v) is 3.86. The molecular weight excluding hydrogens is 447 g/mol. The Morgan fingerprint density at radius 3 is 2.45 bits per heavy atom. The van der Waals surface area contributed by atoms with Gasteiger partial charge < -0.3 is 24.0 Å². The Hall–Kier alpha value is -2.99. The smallest absolute Gasteiger partial charge is 0.475 e. The second kappa shape index (κ2) is 9.87. The van der Waals surface area contributed by atoms with Crippen LogP contribution in [0.2, 0.25) is 0 Å². The highest BCUT2D eigenvalue weighted by Gasteiger charge is 2.55. The number of carbonyl (C=O) groups is 2. The topological polar surface area (TPSA) is 115 Å². The van der Waals surface area contributed by atoms with Crippen LogP contribution >= 0.6 is 0 Å². The number of carbonyl (C=O) groups excluding carboxylic acids is 1. The number of halogens is 3. The number of nitrogens with zero attached hydrogens (tertiary/aromatic N) is 3. The van der Waals surface area contributed by atoms with Crippen LogP contribution in [-0.4, -0.2) is 70.1 Å². The summed E-state index contributed by atoms with van der Waals surface area (Å²) in [6.45, 7) is 6.67. The zero-order valence-electron chi connectivity index (χ0n) is 18.1. The van der Waals surface area contributed by atoms with E-state index in [1.54, 1.807) is 26.2 Å². The van der Waals surface area contributed by atoms with E-state index in [0.29, 0.717) is 49.2 Å². The summed E-state index contributed by atoms with van der Waals surface area (Å²) in [5.74, 6) is -1.91. The van der Waals surface area contributed by atoms with Crippen LogP contribution < -0.4 is 0 Å². The summed E-state index contributed by atoms with van der Waals surface area (Å²) >= 11 is 0. The molecule has 1 spiro atoms. The summed E-state index contributed by atoms with van der Waals surface area (Å²) < 4.78 is 48.8. The molecule has 33 heavy (non-hydrogen) atoms. The highest BCUT2D eigenvalue weighted by Crippen LogP contribution is 2.41. The minimum atomic E-state index is -5.08. The number of carboxylic acids is 1. The average molecular weight is 471 g/mol. The highest BCUT2D eigenvalue weighted by atomic mass is 19.4. The Morgan fingerprint density at radius 1 is 1.27 bits per heavy atom. The van der Waals surface area contributed by atoms with Gasteiger partial charge in [0.05, 0.1) is 32.0 Å². The maximum atomic E-state index is 12.7. The lowest BCUT2D eigenvalue weighted by molar-refractivity contribution is -0.192. The van der Waals surface area contributed by atoms with Gasteiger partial charge >= 0.3 is 12.1 Å². The fraction of sp³-hybridized carbons (Fsp3) is 0.524. The Labute approximate surface area is 187 Å². The van der Waals surface area contributed by atoms with E-state index in [4.69, 9.17) is 23.9 Å².